The van der Waals surface area contributed by atoms with Gasteiger partial charge in [0, 0.05) is 18.7 Å². The van der Waals surface area contributed by atoms with Crippen molar-refractivity contribution in [1.29, 1.82) is 0 Å². The summed E-state index contributed by atoms with van der Waals surface area (Å²) in [5.74, 6) is -0.0384. The smallest absolute Gasteiger partial charge is 0.244 e. The second-order valence-electron chi connectivity index (χ2n) is 4.22. The van der Waals surface area contributed by atoms with Crippen LogP contribution in [0.3, 0.4) is 0 Å². The second-order valence-corrected chi connectivity index (χ2v) is 4.22. The Balaban J connectivity index is 2.61. The standard InChI is InChI=1S/C11H21N5O/c1-4-8(2)13-11(17)9(3)16-7-10(5-6-12)14-15-16/h7-9H,4-6,12H2,1-3H3,(H,13,17). The van der Waals surface area contributed by atoms with Gasteiger partial charge in [-0.3, -0.25) is 4.79 Å². The molecule has 0 aliphatic heterocycles. The summed E-state index contributed by atoms with van der Waals surface area (Å²) in [4.78, 5) is 11.9. The first-order chi connectivity index (χ1) is 8.08. The minimum atomic E-state index is -0.344. The Kier molecular flexibility index (Phi) is 5.09. The maximum atomic E-state index is 11.9. The van der Waals surface area contributed by atoms with Crippen LogP contribution in [0.5, 0.6) is 0 Å². The van der Waals surface area contributed by atoms with E-state index in [9.17, 15) is 4.79 Å². The summed E-state index contributed by atoms with van der Waals surface area (Å²) in [5, 5.41) is 10.8. The van der Waals surface area contributed by atoms with E-state index < -0.39 is 0 Å². The van der Waals surface area contributed by atoms with Gasteiger partial charge in [-0.2, -0.15) is 0 Å². The van der Waals surface area contributed by atoms with E-state index in [0.717, 1.165) is 12.1 Å². The quantitative estimate of drug-likeness (QED) is 0.745. The lowest BCUT2D eigenvalue weighted by molar-refractivity contribution is -0.124. The zero-order valence-corrected chi connectivity index (χ0v) is 10.7. The number of nitrogens with one attached hydrogen (secondary N) is 1. The number of aromatic nitrogens is 3. The molecule has 0 saturated heterocycles. The van der Waals surface area contributed by atoms with Crippen LogP contribution in [0.15, 0.2) is 6.20 Å². The lowest BCUT2D eigenvalue weighted by Gasteiger charge is -2.15. The van der Waals surface area contributed by atoms with E-state index in [1.165, 1.54) is 0 Å². The molecule has 0 fully saturated rings. The van der Waals surface area contributed by atoms with Crippen LogP contribution in [0, 0.1) is 0 Å². The summed E-state index contributed by atoms with van der Waals surface area (Å²) in [6.45, 7) is 6.35. The lowest BCUT2D eigenvalue weighted by atomic mass is 10.2. The van der Waals surface area contributed by atoms with Gasteiger partial charge < -0.3 is 11.1 Å². The summed E-state index contributed by atoms with van der Waals surface area (Å²) in [6, 6.07) is -0.167. The van der Waals surface area contributed by atoms with Crippen LogP contribution in [-0.4, -0.2) is 33.5 Å². The molecule has 0 aliphatic rings. The van der Waals surface area contributed by atoms with Crippen molar-refractivity contribution in [2.75, 3.05) is 6.54 Å². The van der Waals surface area contributed by atoms with Gasteiger partial charge in [-0.05, 0) is 26.8 Å². The van der Waals surface area contributed by atoms with Crippen molar-refractivity contribution in [3.05, 3.63) is 11.9 Å². The highest BCUT2D eigenvalue weighted by molar-refractivity contribution is 5.79. The van der Waals surface area contributed by atoms with Crippen molar-refractivity contribution in [1.82, 2.24) is 20.3 Å². The predicted molar refractivity (Wildman–Crippen MR) is 65.4 cm³/mol. The highest BCUT2D eigenvalue weighted by Gasteiger charge is 2.17. The van der Waals surface area contributed by atoms with Crippen LogP contribution in [0.25, 0.3) is 0 Å². The average molecular weight is 239 g/mol. The Labute approximate surface area is 102 Å². The molecule has 1 aromatic heterocycles. The zero-order chi connectivity index (χ0) is 12.8. The fourth-order valence-corrected chi connectivity index (χ4v) is 1.35. The molecule has 3 N–H and O–H groups in total. The van der Waals surface area contributed by atoms with E-state index in [4.69, 9.17) is 5.73 Å². The number of nitrogens with two attached hydrogens (primary N) is 1. The highest BCUT2D eigenvalue weighted by atomic mass is 16.2. The molecule has 1 heterocycles. The third-order valence-electron chi connectivity index (χ3n) is 2.74. The molecule has 0 aliphatic carbocycles. The van der Waals surface area contributed by atoms with Crippen molar-refractivity contribution in [2.24, 2.45) is 5.73 Å². The molecule has 96 valence electrons. The summed E-state index contributed by atoms with van der Waals surface area (Å²) < 4.78 is 1.57. The molecule has 6 heteroatoms. The van der Waals surface area contributed by atoms with E-state index in [1.54, 1.807) is 17.8 Å². The van der Waals surface area contributed by atoms with E-state index in [0.29, 0.717) is 13.0 Å². The summed E-state index contributed by atoms with van der Waals surface area (Å²) in [6.07, 6.45) is 3.36. The number of hydrogen-bond donors (Lipinski definition) is 2. The first-order valence-corrected chi connectivity index (χ1v) is 5.99. The Morgan fingerprint density at radius 1 is 1.59 bits per heavy atom. The largest absolute Gasteiger partial charge is 0.352 e. The van der Waals surface area contributed by atoms with Crippen molar-refractivity contribution in [2.45, 2.75) is 45.7 Å². The third kappa shape index (κ3) is 3.81. The molecule has 6 nitrogen and oxygen atoms in total. The zero-order valence-electron chi connectivity index (χ0n) is 10.7. The van der Waals surface area contributed by atoms with E-state index in [2.05, 4.69) is 15.6 Å². The predicted octanol–water partition coefficient (Wildman–Crippen LogP) is 0.255. The number of nitrogens with zero attached hydrogens (tertiary/aromatic N) is 3. The number of carbonyl (C=O) groups is 1. The van der Waals surface area contributed by atoms with Gasteiger partial charge in [0.05, 0.1) is 5.69 Å². The third-order valence-corrected chi connectivity index (χ3v) is 2.74. The maximum absolute atomic E-state index is 11.9. The van der Waals surface area contributed by atoms with Gasteiger partial charge in [0.2, 0.25) is 5.91 Å². The summed E-state index contributed by atoms with van der Waals surface area (Å²) in [7, 11) is 0. The van der Waals surface area contributed by atoms with E-state index >= 15 is 0 Å². The number of hydrogen-bond acceptors (Lipinski definition) is 4. The molecule has 0 spiro atoms. The summed E-state index contributed by atoms with van der Waals surface area (Å²) >= 11 is 0. The van der Waals surface area contributed by atoms with Crippen LogP contribution in [0.4, 0.5) is 0 Å². The van der Waals surface area contributed by atoms with Crippen molar-refractivity contribution in [3.63, 3.8) is 0 Å². The van der Waals surface area contributed by atoms with Crippen LogP contribution in [-0.2, 0) is 11.2 Å². The topological polar surface area (TPSA) is 85.8 Å². The van der Waals surface area contributed by atoms with Gasteiger partial charge in [0.15, 0.2) is 0 Å². The van der Waals surface area contributed by atoms with Crippen molar-refractivity contribution >= 4 is 5.91 Å². The lowest BCUT2D eigenvalue weighted by Crippen LogP contribution is -2.37. The van der Waals surface area contributed by atoms with Gasteiger partial charge in [0.1, 0.15) is 6.04 Å². The van der Waals surface area contributed by atoms with Gasteiger partial charge >= 0.3 is 0 Å². The molecule has 2 atom stereocenters. The fraction of sp³-hybridized carbons (Fsp3) is 0.727. The monoisotopic (exact) mass is 239 g/mol. The Morgan fingerprint density at radius 3 is 2.88 bits per heavy atom. The number of rotatable bonds is 6. The SMILES string of the molecule is CCC(C)NC(=O)C(C)n1cc(CCN)nn1. The molecule has 0 bridgehead atoms. The maximum Gasteiger partial charge on any atom is 0.244 e. The van der Waals surface area contributed by atoms with Gasteiger partial charge in [0.25, 0.3) is 0 Å². The van der Waals surface area contributed by atoms with Gasteiger partial charge in [-0.25, -0.2) is 4.68 Å². The second kappa shape index (κ2) is 6.34. The molecule has 0 radical (unpaired) electrons. The fourth-order valence-electron chi connectivity index (χ4n) is 1.35. The first-order valence-electron chi connectivity index (χ1n) is 5.99. The summed E-state index contributed by atoms with van der Waals surface area (Å²) in [5.41, 5.74) is 6.25. The normalized spacial score (nSPS) is 14.4. The van der Waals surface area contributed by atoms with Crippen LogP contribution in [0.1, 0.15) is 38.9 Å². The molecular formula is C11H21N5O. The van der Waals surface area contributed by atoms with Crippen LogP contribution in [0.2, 0.25) is 0 Å². The van der Waals surface area contributed by atoms with E-state index in [-0.39, 0.29) is 18.0 Å². The van der Waals surface area contributed by atoms with E-state index in [1.807, 2.05) is 13.8 Å². The number of carbonyl (C=O) groups excluding carboxylic acids is 1. The van der Waals surface area contributed by atoms with Crippen molar-refractivity contribution in [3.8, 4) is 0 Å². The molecule has 0 aromatic carbocycles. The Hall–Kier alpha value is -1.43. The highest BCUT2D eigenvalue weighted by Crippen LogP contribution is 2.06. The van der Waals surface area contributed by atoms with Crippen LogP contribution >= 0.6 is 0 Å². The molecule has 2 unspecified atom stereocenters. The minimum absolute atomic E-state index is 0.0384. The molecule has 17 heavy (non-hydrogen) atoms. The van der Waals surface area contributed by atoms with Gasteiger partial charge in [-0.15, -0.1) is 5.10 Å². The molecule has 0 saturated carbocycles. The minimum Gasteiger partial charge on any atom is -0.352 e. The average Bonchev–Trinajstić information content (AvgIpc) is 2.76. The molecular weight excluding hydrogens is 218 g/mol. The molecule has 1 amide bonds. The first kappa shape index (κ1) is 13.6. The Morgan fingerprint density at radius 2 is 2.29 bits per heavy atom. The molecule has 1 aromatic rings. The Bertz CT molecular complexity index is 362. The number of amides is 1. The van der Waals surface area contributed by atoms with Gasteiger partial charge in [-0.1, -0.05) is 12.1 Å². The van der Waals surface area contributed by atoms with Crippen molar-refractivity contribution < 1.29 is 4.79 Å². The van der Waals surface area contributed by atoms with Crippen LogP contribution < -0.4 is 11.1 Å². The molecule has 1 rings (SSSR count).